The SMILES string of the molecule is O=C(Nc1nc2c(s1)CCCC2)c1cccc(=O)[nH]1. The van der Waals surface area contributed by atoms with Gasteiger partial charge in [0.2, 0.25) is 5.56 Å². The van der Waals surface area contributed by atoms with Crippen molar-refractivity contribution >= 4 is 22.4 Å². The van der Waals surface area contributed by atoms with Crippen molar-refractivity contribution in [3.05, 3.63) is 44.8 Å². The monoisotopic (exact) mass is 275 g/mol. The molecule has 0 radical (unpaired) electrons. The van der Waals surface area contributed by atoms with Crippen LogP contribution >= 0.6 is 11.3 Å². The largest absolute Gasteiger partial charge is 0.318 e. The standard InChI is InChI=1S/C13H13N3O2S/c17-11-7-3-5-9(14-11)12(18)16-13-15-8-4-1-2-6-10(8)19-13/h3,5,7H,1-2,4,6H2,(H,14,17)(H,15,16,18). The van der Waals surface area contributed by atoms with Gasteiger partial charge in [-0.15, -0.1) is 11.3 Å². The molecule has 2 heterocycles. The molecule has 98 valence electrons. The number of carbonyl (C=O) groups excluding carboxylic acids is 1. The van der Waals surface area contributed by atoms with Gasteiger partial charge in [-0.25, -0.2) is 4.98 Å². The maximum absolute atomic E-state index is 12.0. The topological polar surface area (TPSA) is 74.8 Å². The zero-order valence-corrected chi connectivity index (χ0v) is 11.0. The molecule has 2 N–H and O–H groups in total. The van der Waals surface area contributed by atoms with Crippen molar-refractivity contribution in [3.63, 3.8) is 0 Å². The number of pyridine rings is 1. The fraction of sp³-hybridized carbons (Fsp3) is 0.308. The lowest BCUT2D eigenvalue weighted by atomic mass is 10.0. The second-order valence-electron chi connectivity index (χ2n) is 4.48. The third-order valence-electron chi connectivity index (χ3n) is 3.08. The Morgan fingerprint density at radius 3 is 2.95 bits per heavy atom. The van der Waals surface area contributed by atoms with Crippen molar-refractivity contribution in [2.45, 2.75) is 25.7 Å². The van der Waals surface area contributed by atoms with E-state index < -0.39 is 0 Å². The third kappa shape index (κ3) is 2.58. The van der Waals surface area contributed by atoms with Crippen LogP contribution in [0.2, 0.25) is 0 Å². The summed E-state index contributed by atoms with van der Waals surface area (Å²) in [5.41, 5.74) is 1.07. The quantitative estimate of drug-likeness (QED) is 0.879. The fourth-order valence-electron chi connectivity index (χ4n) is 2.15. The zero-order valence-electron chi connectivity index (χ0n) is 10.2. The number of aromatic nitrogens is 2. The lowest BCUT2D eigenvalue weighted by Gasteiger charge is -2.06. The molecule has 0 unspecified atom stereocenters. The van der Waals surface area contributed by atoms with Gasteiger partial charge >= 0.3 is 0 Å². The lowest BCUT2D eigenvalue weighted by molar-refractivity contribution is 0.102. The van der Waals surface area contributed by atoms with E-state index in [1.54, 1.807) is 12.1 Å². The molecule has 0 aliphatic heterocycles. The number of H-pyrrole nitrogens is 1. The summed E-state index contributed by atoms with van der Waals surface area (Å²) in [6.07, 6.45) is 4.39. The highest BCUT2D eigenvalue weighted by molar-refractivity contribution is 7.15. The zero-order chi connectivity index (χ0) is 13.2. The van der Waals surface area contributed by atoms with E-state index in [0.717, 1.165) is 25.0 Å². The molecule has 1 aliphatic rings. The molecule has 0 atom stereocenters. The van der Waals surface area contributed by atoms with Crippen LogP contribution in [0.4, 0.5) is 5.13 Å². The molecule has 0 saturated heterocycles. The van der Waals surface area contributed by atoms with Gasteiger partial charge in [0.05, 0.1) is 5.69 Å². The van der Waals surface area contributed by atoms with Gasteiger partial charge in [-0.3, -0.25) is 14.9 Å². The number of hydrogen-bond acceptors (Lipinski definition) is 4. The number of nitrogens with one attached hydrogen (secondary N) is 2. The van der Waals surface area contributed by atoms with Gasteiger partial charge in [-0.1, -0.05) is 6.07 Å². The van der Waals surface area contributed by atoms with Crippen LogP contribution in [0.15, 0.2) is 23.0 Å². The number of thiazole rings is 1. The molecule has 5 nitrogen and oxygen atoms in total. The molecule has 1 amide bonds. The van der Waals surface area contributed by atoms with E-state index in [-0.39, 0.29) is 17.2 Å². The van der Waals surface area contributed by atoms with E-state index in [2.05, 4.69) is 15.3 Å². The predicted octanol–water partition coefficient (Wildman–Crippen LogP) is 1.96. The Morgan fingerprint density at radius 2 is 2.16 bits per heavy atom. The highest BCUT2D eigenvalue weighted by Gasteiger charge is 2.16. The number of aryl methyl sites for hydroxylation is 2. The maximum atomic E-state index is 12.0. The minimum Gasteiger partial charge on any atom is -0.318 e. The minimum absolute atomic E-state index is 0.251. The minimum atomic E-state index is -0.330. The van der Waals surface area contributed by atoms with Crippen LogP contribution in [0.25, 0.3) is 0 Å². The first kappa shape index (κ1) is 12.1. The number of rotatable bonds is 2. The van der Waals surface area contributed by atoms with Gasteiger partial charge in [-0.05, 0) is 31.7 Å². The molecular weight excluding hydrogens is 262 g/mol. The first-order chi connectivity index (χ1) is 9.22. The number of amides is 1. The second kappa shape index (κ2) is 4.97. The summed E-state index contributed by atoms with van der Waals surface area (Å²) in [7, 11) is 0. The van der Waals surface area contributed by atoms with E-state index in [0.29, 0.717) is 5.13 Å². The summed E-state index contributed by atoms with van der Waals surface area (Å²) in [5, 5.41) is 3.35. The van der Waals surface area contributed by atoms with Crippen molar-refractivity contribution < 1.29 is 4.79 Å². The molecule has 1 aliphatic carbocycles. The smallest absolute Gasteiger partial charge is 0.273 e. The highest BCUT2D eigenvalue weighted by atomic mass is 32.1. The Labute approximate surface area is 113 Å². The van der Waals surface area contributed by atoms with E-state index in [9.17, 15) is 9.59 Å². The molecule has 3 rings (SSSR count). The Kier molecular flexibility index (Phi) is 3.16. The van der Waals surface area contributed by atoms with Crippen LogP contribution in [0, 0.1) is 0 Å². The van der Waals surface area contributed by atoms with Crippen LogP contribution in [0.3, 0.4) is 0 Å². The van der Waals surface area contributed by atoms with Crippen molar-refractivity contribution in [1.29, 1.82) is 0 Å². The first-order valence-corrected chi connectivity index (χ1v) is 7.03. The number of fused-ring (bicyclic) bond motifs is 1. The molecule has 6 heteroatoms. The summed E-state index contributed by atoms with van der Waals surface area (Å²) in [6, 6.07) is 4.50. The number of anilines is 1. The van der Waals surface area contributed by atoms with Crippen LogP contribution in [0.5, 0.6) is 0 Å². The average Bonchev–Trinajstić information content (AvgIpc) is 2.80. The summed E-state index contributed by atoms with van der Waals surface area (Å²) in [4.78, 5) is 31.3. The number of hydrogen-bond donors (Lipinski definition) is 2. The van der Waals surface area contributed by atoms with Crippen molar-refractivity contribution in [3.8, 4) is 0 Å². The van der Waals surface area contributed by atoms with Crippen molar-refractivity contribution in [2.24, 2.45) is 0 Å². The second-order valence-corrected chi connectivity index (χ2v) is 5.56. The molecule has 0 spiro atoms. The van der Waals surface area contributed by atoms with Gasteiger partial charge in [0, 0.05) is 10.9 Å². The predicted molar refractivity (Wildman–Crippen MR) is 73.8 cm³/mol. The molecule has 0 bridgehead atoms. The number of carbonyl (C=O) groups is 1. The Hall–Kier alpha value is -1.95. The molecule has 0 aromatic carbocycles. The summed E-state index contributed by atoms with van der Waals surface area (Å²) in [5.74, 6) is -0.330. The fourth-order valence-corrected chi connectivity index (χ4v) is 3.20. The molecule has 2 aromatic heterocycles. The number of aromatic amines is 1. The van der Waals surface area contributed by atoms with Crippen molar-refractivity contribution in [2.75, 3.05) is 5.32 Å². The Morgan fingerprint density at radius 1 is 1.32 bits per heavy atom. The third-order valence-corrected chi connectivity index (χ3v) is 4.15. The number of nitrogens with zero attached hydrogens (tertiary/aromatic N) is 1. The molecular formula is C13H13N3O2S. The van der Waals surface area contributed by atoms with Crippen LogP contribution in [0.1, 0.15) is 33.9 Å². The van der Waals surface area contributed by atoms with Gasteiger partial charge in [-0.2, -0.15) is 0 Å². The highest BCUT2D eigenvalue weighted by Crippen LogP contribution is 2.29. The van der Waals surface area contributed by atoms with Gasteiger partial charge in [0.25, 0.3) is 5.91 Å². The molecule has 0 saturated carbocycles. The van der Waals surface area contributed by atoms with E-state index >= 15 is 0 Å². The molecule has 19 heavy (non-hydrogen) atoms. The maximum Gasteiger partial charge on any atom is 0.273 e. The van der Waals surface area contributed by atoms with E-state index in [1.807, 2.05) is 0 Å². The van der Waals surface area contributed by atoms with E-state index in [1.165, 1.54) is 28.7 Å². The Bertz CT molecular complexity index is 651. The van der Waals surface area contributed by atoms with Crippen molar-refractivity contribution in [1.82, 2.24) is 9.97 Å². The molecule has 0 fully saturated rings. The summed E-state index contributed by atoms with van der Waals surface area (Å²) < 4.78 is 0. The van der Waals surface area contributed by atoms with Crippen LogP contribution in [-0.4, -0.2) is 15.9 Å². The normalized spacial score (nSPS) is 13.9. The summed E-state index contributed by atoms with van der Waals surface area (Å²) >= 11 is 1.53. The van der Waals surface area contributed by atoms with Crippen LogP contribution in [-0.2, 0) is 12.8 Å². The summed E-state index contributed by atoms with van der Waals surface area (Å²) in [6.45, 7) is 0. The Balaban J connectivity index is 1.79. The average molecular weight is 275 g/mol. The van der Waals surface area contributed by atoms with Crippen LogP contribution < -0.4 is 10.9 Å². The van der Waals surface area contributed by atoms with Gasteiger partial charge in [0.15, 0.2) is 5.13 Å². The first-order valence-electron chi connectivity index (χ1n) is 6.21. The van der Waals surface area contributed by atoms with E-state index in [4.69, 9.17) is 0 Å². The molecule has 2 aromatic rings. The van der Waals surface area contributed by atoms with Gasteiger partial charge in [0.1, 0.15) is 5.69 Å². The van der Waals surface area contributed by atoms with Gasteiger partial charge < -0.3 is 4.98 Å². The lowest BCUT2D eigenvalue weighted by Crippen LogP contribution is -2.17.